The van der Waals surface area contributed by atoms with Crippen LogP contribution in [-0.4, -0.2) is 38.9 Å². The zero-order chi connectivity index (χ0) is 20.7. The second-order valence-corrected chi connectivity index (χ2v) is 9.56. The smallest absolute Gasteiger partial charge is 0.243 e. The first-order valence-electron chi connectivity index (χ1n) is 8.54. The van der Waals surface area contributed by atoms with E-state index in [4.69, 9.17) is 11.6 Å². The second-order valence-electron chi connectivity index (χ2n) is 6.16. The Morgan fingerprint density at radius 2 is 1.86 bits per heavy atom. The molecule has 0 spiro atoms. The lowest BCUT2D eigenvalue weighted by Gasteiger charge is -2.28. The largest absolute Gasteiger partial charge is 0.353 e. The minimum Gasteiger partial charge on any atom is -0.353 e. The molecule has 2 aromatic rings. The molecule has 5 nitrogen and oxygen atoms in total. The average molecular weight is 445 g/mol. The number of anilines is 1. The molecule has 0 saturated heterocycles. The maximum Gasteiger partial charge on any atom is 0.243 e. The highest BCUT2D eigenvalue weighted by atomic mass is 35.5. The quantitative estimate of drug-likeness (QED) is 0.599. The first kappa shape index (κ1) is 22.5. The van der Waals surface area contributed by atoms with Crippen LogP contribution in [0.3, 0.4) is 0 Å². The number of carbonyl (C=O) groups excluding carboxylic acids is 1. The Morgan fingerprint density at radius 1 is 1.21 bits per heavy atom. The van der Waals surface area contributed by atoms with Crippen LogP contribution in [0.1, 0.15) is 12.5 Å². The molecule has 0 aliphatic rings. The molecule has 1 atom stereocenters. The fourth-order valence-electron chi connectivity index (χ4n) is 2.58. The third-order valence-corrected chi connectivity index (χ3v) is 6.42. The first-order chi connectivity index (χ1) is 13.2. The van der Waals surface area contributed by atoms with E-state index < -0.39 is 27.8 Å². The summed E-state index contributed by atoms with van der Waals surface area (Å²) in [7, 11) is -3.84. The van der Waals surface area contributed by atoms with Crippen molar-refractivity contribution in [2.24, 2.45) is 0 Å². The Kier molecular flexibility index (Phi) is 8.15. The van der Waals surface area contributed by atoms with Gasteiger partial charge in [0.2, 0.25) is 15.9 Å². The number of rotatable bonds is 9. The van der Waals surface area contributed by atoms with Gasteiger partial charge in [0, 0.05) is 23.1 Å². The number of sulfonamides is 1. The number of para-hydroxylation sites is 1. The maximum atomic E-state index is 14.1. The molecule has 152 valence electrons. The summed E-state index contributed by atoms with van der Waals surface area (Å²) >= 11 is 7.48. The zero-order valence-corrected chi connectivity index (χ0v) is 18.0. The lowest BCUT2D eigenvalue weighted by atomic mass is 10.2. The molecule has 2 rings (SSSR count). The summed E-state index contributed by atoms with van der Waals surface area (Å²) in [6, 6.07) is 11.9. The van der Waals surface area contributed by atoms with E-state index in [2.05, 4.69) is 5.32 Å². The molecule has 0 aliphatic carbocycles. The van der Waals surface area contributed by atoms with E-state index in [-0.39, 0.29) is 5.69 Å². The van der Waals surface area contributed by atoms with Gasteiger partial charge in [-0.15, -0.1) is 0 Å². The van der Waals surface area contributed by atoms with Gasteiger partial charge in [0.05, 0.1) is 11.9 Å². The van der Waals surface area contributed by atoms with E-state index in [0.29, 0.717) is 17.3 Å². The minimum atomic E-state index is -3.84. The van der Waals surface area contributed by atoms with Crippen LogP contribution in [0.2, 0.25) is 5.02 Å². The Balaban J connectivity index is 1.90. The lowest BCUT2D eigenvalue weighted by molar-refractivity contribution is -0.121. The van der Waals surface area contributed by atoms with Gasteiger partial charge in [-0.3, -0.25) is 9.10 Å². The molecule has 1 amide bonds. The van der Waals surface area contributed by atoms with E-state index in [9.17, 15) is 17.6 Å². The fraction of sp³-hybridized carbons (Fsp3) is 0.316. The highest BCUT2D eigenvalue weighted by molar-refractivity contribution is 7.98. The number of halogens is 2. The highest BCUT2D eigenvalue weighted by Crippen LogP contribution is 2.24. The third-order valence-electron chi connectivity index (χ3n) is 3.91. The van der Waals surface area contributed by atoms with E-state index in [1.165, 1.54) is 25.1 Å². The summed E-state index contributed by atoms with van der Waals surface area (Å²) < 4.78 is 39.2. The molecular weight excluding hydrogens is 423 g/mol. The van der Waals surface area contributed by atoms with Gasteiger partial charge >= 0.3 is 0 Å². The number of hydrogen-bond donors (Lipinski definition) is 1. The highest BCUT2D eigenvalue weighted by Gasteiger charge is 2.30. The van der Waals surface area contributed by atoms with E-state index in [0.717, 1.165) is 27.9 Å². The summed E-state index contributed by atoms with van der Waals surface area (Å²) in [6.45, 7) is 1.81. The van der Waals surface area contributed by atoms with Crippen molar-refractivity contribution < 1.29 is 17.6 Å². The van der Waals surface area contributed by atoms with Crippen molar-refractivity contribution in [1.29, 1.82) is 0 Å². The van der Waals surface area contributed by atoms with Gasteiger partial charge in [0.25, 0.3) is 0 Å². The number of carbonyl (C=O) groups is 1. The Bertz CT molecular complexity index is 908. The van der Waals surface area contributed by atoms with Crippen LogP contribution < -0.4 is 9.62 Å². The van der Waals surface area contributed by atoms with Crippen LogP contribution >= 0.6 is 23.4 Å². The number of nitrogens with one attached hydrogen (secondary N) is 1. The Labute approximate surface area is 174 Å². The Hall–Kier alpha value is -1.77. The van der Waals surface area contributed by atoms with Crippen molar-refractivity contribution in [1.82, 2.24) is 5.32 Å². The van der Waals surface area contributed by atoms with Crippen LogP contribution in [0, 0.1) is 5.82 Å². The molecule has 2 aromatic carbocycles. The molecular formula is C19H22ClFN2O3S2. The van der Waals surface area contributed by atoms with Crippen molar-refractivity contribution in [2.45, 2.75) is 18.7 Å². The number of hydrogen-bond acceptors (Lipinski definition) is 4. The monoisotopic (exact) mass is 444 g/mol. The lowest BCUT2D eigenvalue weighted by Crippen LogP contribution is -2.48. The van der Waals surface area contributed by atoms with Crippen LogP contribution in [-0.2, 0) is 20.6 Å². The molecule has 0 aliphatic heterocycles. The molecule has 0 saturated carbocycles. The number of amides is 1. The molecule has 0 radical (unpaired) electrons. The van der Waals surface area contributed by atoms with Crippen LogP contribution in [0.4, 0.5) is 10.1 Å². The van der Waals surface area contributed by atoms with Gasteiger partial charge in [-0.1, -0.05) is 35.9 Å². The first-order valence-corrected chi connectivity index (χ1v) is 11.9. The summed E-state index contributed by atoms with van der Waals surface area (Å²) in [6.07, 6.45) is 0.950. The Morgan fingerprint density at radius 3 is 2.46 bits per heavy atom. The van der Waals surface area contributed by atoms with Crippen LogP contribution in [0.5, 0.6) is 0 Å². The van der Waals surface area contributed by atoms with Gasteiger partial charge in [-0.2, -0.15) is 11.8 Å². The molecule has 9 heteroatoms. The van der Waals surface area contributed by atoms with Crippen LogP contribution in [0.15, 0.2) is 48.5 Å². The summed E-state index contributed by atoms with van der Waals surface area (Å²) in [4.78, 5) is 12.4. The number of thioether (sulfide) groups is 1. The molecule has 1 N–H and O–H groups in total. The van der Waals surface area contributed by atoms with Crippen LogP contribution in [0.25, 0.3) is 0 Å². The standard InChI is InChI=1S/C19H22ClFN2O3S2/c1-14(23(28(2,25)26)18-6-4-3-5-17(18)21)19(24)22-11-12-27-13-15-7-9-16(20)10-8-15/h3-10,14H,11-13H2,1-2H3,(H,22,24)/t14-/m1/s1. The molecule has 0 bridgehead atoms. The van der Waals surface area contributed by atoms with Crippen molar-refractivity contribution in [3.63, 3.8) is 0 Å². The average Bonchev–Trinajstić information content (AvgIpc) is 2.63. The van der Waals surface area contributed by atoms with Gasteiger partial charge < -0.3 is 5.32 Å². The molecule has 0 aromatic heterocycles. The van der Waals surface area contributed by atoms with Gasteiger partial charge in [-0.05, 0) is 36.8 Å². The predicted molar refractivity (Wildman–Crippen MR) is 114 cm³/mol. The van der Waals surface area contributed by atoms with Crippen molar-refractivity contribution in [3.05, 3.63) is 64.9 Å². The minimum absolute atomic E-state index is 0.148. The fourth-order valence-corrected chi connectivity index (χ4v) is 4.70. The van der Waals surface area contributed by atoms with Crippen molar-refractivity contribution in [2.75, 3.05) is 22.9 Å². The summed E-state index contributed by atoms with van der Waals surface area (Å²) in [5, 5.41) is 3.39. The summed E-state index contributed by atoms with van der Waals surface area (Å²) in [5.74, 6) is 0.235. The predicted octanol–water partition coefficient (Wildman–Crippen LogP) is 3.68. The number of nitrogens with zero attached hydrogens (tertiary/aromatic N) is 1. The third kappa shape index (κ3) is 6.39. The van der Waals surface area contributed by atoms with Gasteiger partial charge in [0.15, 0.2) is 0 Å². The SMILES string of the molecule is C[C@H](C(=O)NCCSCc1ccc(Cl)cc1)N(c1ccccc1F)S(C)(=O)=O. The van der Waals surface area contributed by atoms with E-state index >= 15 is 0 Å². The molecule has 0 heterocycles. The van der Waals surface area contributed by atoms with E-state index in [1.54, 1.807) is 11.8 Å². The maximum absolute atomic E-state index is 14.1. The van der Waals surface area contributed by atoms with Gasteiger partial charge in [0.1, 0.15) is 11.9 Å². The number of benzene rings is 2. The summed E-state index contributed by atoms with van der Waals surface area (Å²) in [5.41, 5.74) is 0.974. The van der Waals surface area contributed by atoms with Crippen molar-refractivity contribution in [3.8, 4) is 0 Å². The van der Waals surface area contributed by atoms with E-state index in [1.807, 2.05) is 24.3 Å². The van der Waals surface area contributed by atoms with Gasteiger partial charge in [-0.25, -0.2) is 12.8 Å². The molecule has 0 unspecified atom stereocenters. The topological polar surface area (TPSA) is 66.5 Å². The molecule has 0 fully saturated rings. The molecule has 28 heavy (non-hydrogen) atoms. The zero-order valence-electron chi connectivity index (χ0n) is 15.6. The second kappa shape index (κ2) is 10.1. The van der Waals surface area contributed by atoms with Crippen molar-refractivity contribution >= 4 is 45.0 Å². The normalized spacial score (nSPS) is 12.4.